The van der Waals surface area contributed by atoms with Crippen LogP contribution < -0.4 is 0 Å². The Bertz CT molecular complexity index is 601. The molecule has 1 aromatic carbocycles. The average Bonchev–Trinajstić information content (AvgIpc) is 2.65. The lowest BCUT2D eigenvalue weighted by atomic mass is 9.86. The fraction of sp³-hybridized carbons (Fsp3) is 0.667. The predicted octanol–water partition coefficient (Wildman–Crippen LogP) is 3.74. The van der Waals surface area contributed by atoms with Crippen LogP contribution in [0.15, 0.2) is 24.3 Å². The zero-order valence-corrected chi connectivity index (χ0v) is 18.1. The largest absolute Gasteiger partial charge is 0.382 e. The van der Waals surface area contributed by atoms with Gasteiger partial charge in [-0.3, -0.25) is 9.69 Å². The van der Waals surface area contributed by atoms with Gasteiger partial charge in [0.1, 0.15) is 5.60 Å². The van der Waals surface area contributed by atoms with E-state index in [2.05, 4.69) is 69.0 Å². The van der Waals surface area contributed by atoms with Gasteiger partial charge < -0.3 is 5.11 Å². The summed E-state index contributed by atoms with van der Waals surface area (Å²) in [7, 11) is 0. The molecule has 0 radical (unpaired) electrons. The second kappa shape index (κ2) is 8.67. The van der Waals surface area contributed by atoms with Crippen molar-refractivity contribution < 1.29 is 9.90 Å². The van der Waals surface area contributed by atoms with Crippen LogP contribution in [0.1, 0.15) is 62.5 Å². The molecule has 1 aromatic rings. The third-order valence-corrected chi connectivity index (χ3v) is 7.05. The number of nitrogens with zero attached hydrogens (tertiary/aromatic N) is 2. The molecule has 2 aliphatic rings. The van der Waals surface area contributed by atoms with Crippen LogP contribution >= 0.6 is 22.9 Å². The molecule has 2 aliphatic heterocycles. The minimum atomic E-state index is -1.11. The summed E-state index contributed by atoms with van der Waals surface area (Å²) in [5.74, 6) is 1.18. The molecule has 0 atom stereocenters. The molecule has 3 rings (SSSR count). The van der Waals surface area contributed by atoms with Crippen LogP contribution in [0.4, 0.5) is 0 Å². The van der Waals surface area contributed by atoms with Crippen molar-refractivity contribution in [2.45, 2.75) is 57.0 Å². The number of halogens is 1. The summed E-state index contributed by atoms with van der Waals surface area (Å²) in [6.07, 6.45) is 3.31. The van der Waals surface area contributed by atoms with Gasteiger partial charge in [-0.25, -0.2) is 3.11 Å². The quantitative estimate of drug-likeness (QED) is 0.526. The molecule has 26 heavy (non-hydrogen) atoms. The third kappa shape index (κ3) is 4.86. The summed E-state index contributed by atoms with van der Waals surface area (Å²) in [6, 6.07) is 9.07. The number of hydrogen-bond acceptors (Lipinski definition) is 4. The number of ketones is 1. The van der Waals surface area contributed by atoms with Gasteiger partial charge in [0.05, 0.1) is 6.54 Å². The predicted molar refractivity (Wildman–Crippen MR) is 114 cm³/mol. The van der Waals surface area contributed by atoms with Crippen molar-refractivity contribution in [1.82, 2.24) is 8.01 Å². The summed E-state index contributed by atoms with van der Waals surface area (Å²) in [5, 5.41) is 10.7. The standard InChI is InChI=1S/C21H31IN2O2/c1-16(2)17-3-5-18(6-4-17)19-7-11-23(12-8-19)15-20(25)21(26)9-13-24(22)14-10-21/h3-6,16,19,26H,7-15H2,1-2H3. The number of hydrogen-bond donors (Lipinski definition) is 1. The van der Waals surface area contributed by atoms with E-state index in [0.29, 0.717) is 31.2 Å². The number of benzene rings is 1. The minimum absolute atomic E-state index is 0.0155. The van der Waals surface area contributed by atoms with Gasteiger partial charge >= 0.3 is 0 Å². The number of likely N-dealkylation sites (tertiary alicyclic amines) is 1. The monoisotopic (exact) mass is 470 g/mol. The molecule has 0 amide bonds. The Hall–Kier alpha value is -0.500. The minimum Gasteiger partial charge on any atom is -0.382 e. The van der Waals surface area contributed by atoms with E-state index in [1.54, 1.807) is 0 Å². The number of carbonyl (C=O) groups excluding carboxylic acids is 1. The van der Waals surface area contributed by atoms with Crippen LogP contribution in [0.5, 0.6) is 0 Å². The van der Waals surface area contributed by atoms with E-state index in [1.165, 1.54) is 11.1 Å². The van der Waals surface area contributed by atoms with Crippen LogP contribution in [0.2, 0.25) is 0 Å². The average molecular weight is 470 g/mol. The normalized spacial score (nSPS) is 22.7. The highest BCUT2D eigenvalue weighted by Gasteiger charge is 2.39. The molecule has 2 saturated heterocycles. The van der Waals surface area contributed by atoms with Gasteiger partial charge in [0.25, 0.3) is 0 Å². The van der Waals surface area contributed by atoms with Crippen molar-refractivity contribution in [2.75, 3.05) is 32.7 Å². The van der Waals surface area contributed by atoms with Gasteiger partial charge in [-0.1, -0.05) is 38.1 Å². The second-order valence-corrected chi connectivity index (χ2v) is 9.60. The van der Waals surface area contributed by atoms with Crippen molar-refractivity contribution in [2.24, 2.45) is 0 Å². The lowest BCUT2D eigenvalue weighted by molar-refractivity contribution is -0.142. The van der Waals surface area contributed by atoms with Crippen molar-refractivity contribution in [3.63, 3.8) is 0 Å². The zero-order chi connectivity index (χ0) is 18.7. The Morgan fingerprint density at radius 1 is 1.15 bits per heavy atom. The number of carbonyl (C=O) groups is 1. The van der Waals surface area contributed by atoms with Crippen molar-refractivity contribution in [3.8, 4) is 0 Å². The van der Waals surface area contributed by atoms with Crippen LogP contribution in [0.3, 0.4) is 0 Å². The number of Topliss-reactive ketones (excluding diaryl/α,β-unsaturated/α-hetero) is 1. The number of aliphatic hydroxyl groups is 1. The van der Waals surface area contributed by atoms with Crippen LogP contribution in [0, 0.1) is 0 Å². The van der Waals surface area contributed by atoms with E-state index in [-0.39, 0.29) is 5.78 Å². The first-order valence-corrected chi connectivity index (χ1v) is 10.8. The molecule has 0 unspecified atom stereocenters. The first kappa shape index (κ1) is 20.2. The highest BCUT2D eigenvalue weighted by Crippen LogP contribution is 2.30. The summed E-state index contributed by atoms with van der Waals surface area (Å²) < 4.78 is 2.15. The molecular weight excluding hydrogens is 439 g/mol. The van der Waals surface area contributed by atoms with E-state index in [0.717, 1.165) is 39.0 Å². The molecule has 2 heterocycles. The molecule has 0 saturated carbocycles. The highest BCUT2D eigenvalue weighted by atomic mass is 127. The Morgan fingerprint density at radius 3 is 2.27 bits per heavy atom. The highest BCUT2D eigenvalue weighted by molar-refractivity contribution is 14.1. The molecule has 0 bridgehead atoms. The first-order valence-electron chi connectivity index (χ1n) is 9.86. The Kier molecular flexibility index (Phi) is 6.75. The van der Waals surface area contributed by atoms with E-state index >= 15 is 0 Å². The van der Waals surface area contributed by atoms with E-state index in [1.807, 2.05) is 0 Å². The lowest BCUT2D eigenvalue weighted by Crippen LogP contribution is -2.51. The molecule has 1 N–H and O–H groups in total. The zero-order valence-electron chi connectivity index (χ0n) is 16.0. The van der Waals surface area contributed by atoms with Gasteiger partial charge in [0.2, 0.25) is 0 Å². The smallest absolute Gasteiger partial charge is 0.178 e. The molecule has 2 fully saturated rings. The molecule has 0 aromatic heterocycles. The Morgan fingerprint density at radius 2 is 1.73 bits per heavy atom. The van der Waals surface area contributed by atoms with Crippen molar-refractivity contribution in [3.05, 3.63) is 35.4 Å². The van der Waals surface area contributed by atoms with Crippen molar-refractivity contribution >= 4 is 28.6 Å². The van der Waals surface area contributed by atoms with Crippen LogP contribution in [-0.4, -0.2) is 57.2 Å². The molecule has 144 valence electrons. The summed E-state index contributed by atoms with van der Waals surface area (Å²) in [4.78, 5) is 14.9. The number of rotatable bonds is 5. The van der Waals surface area contributed by atoms with Gasteiger partial charge in [0.15, 0.2) is 5.78 Å². The topological polar surface area (TPSA) is 43.8 Å². The Balaban J connectivity index is 1.50. The Labute approximate surface area is 171 Å². The van der Waals surface area contributed by atoms with Gasteiger partial charge in [0, 0.05) is 36.0 Å². The molecule has 5 heteroatoms. The fourth-order valence-electron chi connectivity index (χ4n) is 4.06. The molecule has 0 spiro atoms. The second-order valence-electron chi connectivity index (χ2n) is 8.24. The maximum atomic E-state index is 12.6. The van der Waals surface area contributed by atoms with E-state index < -0.39 is 5.60 Å². The van der Waals surface area contributed by atoms with Gasteiger partial charge in [-0.15, -0.1) is 0 Å². The third-order valence-electron chi connectivity index (χ3n) is 6.08. The lowest BCUT2D eigenvalue weighted by Gasteiger charge is -2.37. The first-order chi connectivity index (χ1) is 12.4. The summed E-state index contributed by atoms with van der Waals surface area (Å²) >= 11 is 2.27. The maximum absolute atomic E-state index is 12.6. The molecule has 4 nitrogen and oxygen atoms in total. The summed E-state index contributed by atoms with van der Waals surface area (Å²) in [5.41, 5.74) is 1.71. The van der Waals surface area contributed by atoms with Gasteiger partial charge in [-0.2, -0.15) is 0 Å². The van der Waals surface area contributed by atoms with Gasteiger partial charge in [-0.05, 0) is 61.7 Å². The maximum Gasteiger partial charge on any atom is 0.178 e. The number of piperidine rings is 2. The van der Waals surface area contributed by atoms with Crippen LogP contribution in [0.25, 0.3) is 0 Å². The van der Waals surface area contributed by atoms with Crippen molar-refractivity contribution in [1.29, 1.82) is 0 Å². The molecular formula is C21H31IN2O2. The molecule has 0 aliphatic carbocycles. The fourth-order valence-corrected chi connectivity index (χ4v) is 4.54. The summed E-state index contributed by atoms with van der Waals surface area (Å²) in [6.45, 7) is 8.31. The van der Waals surface area contributed by atoms with E-state index in [4.69, 9.17) is 0 Å². The SMILES string of the molecule is CC(C)c1ccc(C2CCN(CC(=O)C3(O)CCN(I)CC3)CC2)cc1. The van der Waals surface area contributed by atoms with E-state index in [9.17, 15) is 9.90 Å². The van der Waals surface area contributed by atoms with Crippen LogP contribution in [-0.2, 0) is 4.79 Å².